The second-order valence-corrected chi connectivity index (χ2v) is 10.5. The van der Waals surface area contributed by atoms with Crippen LogP contribution in [0.3, 0.4) is 0 Å². The van der Waals surface area contributed by atoms with Crippen molar-refractivity contribution in [1.29, 1.82) is 0 Å². The van der Waals surface area contributed by atoms with Crippen molar-refractivity contribution in [1.82, 2.24) is 4.90 Å². The minimum atomic E-state index is -3.11. The summed E-state index contributed by atoms with van der Waals surface area (Å²) in [6, 6.07) is 0. The Bertz CT molecular complexity index is 547. The summed E-state index contributed by atoms with van der Waals surface area (Å²) >= 11 is 0. The van der Waals surface area contributed by atoms with Gasteiger partial charge in [0.15, 0.2) is 9.84 Å². The number of likely N-dealkylation sites (tertiary alicyclic amines) is 1. The largest absolute Gasteiger partial charge is 0.381 e. The van der Waals surface area contributed by atoms with E-state index in [2.05, 4.69) is 13.8 Å². The molecule has 0 N–H and O–H groups in total. The molecule has 3 rings (SSSR count). The number of hydrogen-bond acceptors (Lipinski definition) is 4. The van der Waals surface area contributed by atoms with Crippen LogP contribution < -0.4 is 0 Å². The Labute approximate surface area is 139 Å². The van der Waals surface area contributed by atoms with Crippen molar-refractivity contribution in [3.8, 4) is 0 Å². The summed E-state index contributed by atoms with van der Waals surface area (Å²) in [5.41, 5.74) is 0. The highest BCUT2D eigenvalue weighted by Crippen LogP contribution is 2.45. The number of carbonyl (C=O) groups is 1. The van der Waals surface area contributed by atoms with E-state index in [0.717, 1.165) is 13.0 Å². The Kier molecular flexibility index (Phi) is 4.76. The van der Waals surface area contributed by atoms with E-state index in [-0.39, 0.29) is 17.6 Å². The Morgan fingerprint density at radius 1 is 1.22 bits per heavy atom. The van der Waals surface area contributed by atoms with Gasteiger partial charge in [0.05, 0.1) is 12.4 Å². The van der Waals surface area contributed by atoms with Crippen LogP contribution in [0.2, 0.25) is 0 Å². The van der Waals surface area contributed by atoms with Gasteiger partial charge < -0.3 is 9.64 Å². The first-order valence-corrected chi connectivity index (χ1v) is 10.6. The zero-order valence-electron chi connectivity index (χ0n) is 14.3. The lowest BCUT2D eigenvalue weighted by atomic mass is 9.83. The minimum absolute atomic E-state index is 0.0559. The molecule has 2 heterocycles. The third-order valence-electron chi connectivity index (χ3n) is 5.67. The summed E-state index contributed by atoms with van der Waals surface area (Å²) < 4.78 is 30.1. The smallest absolute Gasteiger partial charge is 0.222 e. The van der Waals surface area contributed by atoms with Gasteiger partial charge in [0, 0.05) is 32.0 Å². The van der Waals surface area contributed by atoms with E-state index in [9.17, 15) is 13.2 Å². The van der Waals surface area contributed by atoms with Crippen LogP contribution in [-0.4, -0.2) is 56.0 Å². The van der Waals surface area contributed by atoms with Crippen molar-refractivity contribution in [2.45, 2.75) is 50.7 Å². The maximum absolute atomic E-state index is 12.5. The van der Waals surface area contributed by atoms with Gasteiger partial charge in [0.2, 0.25) is 5.91 Å². The first-order chi connectivity index (χ1) is 10.8. The summed E-state index contributed by atoms with van der Waals surface area (Å²) in [5.74, 6) is 1.59. The molecule has 3 fully saturated rings. The molecular formula is C17H29NO4S. The number of sulfone groups is 1. The van der Waals surface area contributed by atoms with Crippen LogP contribution in [0.4, 0.5) is 0 Å². The van der Waals surface area contributed by atoms with Gasteiger partial charge in [-0.05, 0) is 37.5 Å². The zero-order chi connectivity index (χ0) is 16.7. The van der Waals surface area contributed by atoms with Gasteiger partial charge in [0.1, 0.15) is 4.75 Å². The van der Waals surface area contributed by atoms with Gasteiger partial charge in [-0.1, -0.05) is 13.8 Å². The topological polar surface area (TPSA) is 63.7 Å². The molecule has 1 spiro atoms. The molecule has 23 heavy (non-hydrogen) atoms. The summed E-state index contributed by atoms with van der Waals surface area (Å²) in [6.07, 6.45) is 4.55. The van der Waals surface area contributed by atoms with Crippen molar-refractivity contribution in [3.05, 3.63) is 0 Å². The molecule has 0 aromatic carbocycles. The average molecular weight is 343 g/mol. The Balaban J connectivity index is 1.56. The molecule has 0 aromatic rings. The van der Waals surface area contributed by atoms with E-state index in [1.807, 2.05) is 0 Å². The fraction of sp³-hybridized carbons (Fsp3) is 0.941. The molecular weight excluding hydrogens is 314 g/mol. The Morgan fingerprint density at radius 2 is 1.91 bits per heavy atom. The van der Waals surface area contributed by atoms with Crippen molar-refractivity contribution in [3.63, 3.8) is 0 Å². The SMILES string of the molecule is CC(C)CCC(=O)N1CC2(C1)[C@H](COCC1CC1)CCS2(=O)=O. The monoisotopic (exact) mass is 343 g/mol. The number of ether oxygens (including phenoxy) is 1. The quantitative estimate of drug-likeness (QED) is 0.708. The van der Waals surface area contributed by atoms with E-state index in [0.29, 0.717) is 44.4 Å². The minimum Gasteiger partial charge on any atom is -0.381 e. The van der Waals surface area contributed by atoms with Gasteiger partial charge in [0.25, 0.3) is 0 Å². The van der Waals surface area contributed by atoms with Crippen molar-refractivity contribution >= 4 is 15.7 Å². The first kappa shape index (κ1) is 17.2. The second kappa shape index (κ2) is 6.36. The van der Waals surface area contributed by atoms with Gasteiger partial charge in [-0.25, -0.2) is 8.42 Å². The van der Waals surface area contributed by atoms with Crippen LogP contribution in [0.25, 0.3) is 0 Å². The molecule has 1 amide bonds. The normalized spacial score (nSPS) is 28.3. The highest BCUT2D eigenvalue weighted by atomic mass is 32.2. The number of hydrogen-bond donors (Lipinski definition) is 0. The predicted octanol–water partition coefficient (Wildman–Crippen LogP) is 1.86. The maximum Gasteiger partial charge on any atom is 0.222 e. The molecule has 1 atom stereocenters. The molecule has 6 heteroatoms. The second-order valence-electron chi connectivity index (χ2n) is 8.03. The Morgan fingerprint density at radius 3 is 2.52 bits per heavy atom. The Hall–Kier alpha value is -0.620. The number of nitrogens with zero attached hydrogens (tertiary/aromatic N) is 1. The number of amides is 1. The molecule has 132 valence electrons. The highest BCUT2D eigenvalue weighted by molar-refractivity contribution is 7.93. The van der Waals surface area contributed by atoms with E-state index in [4.69, 9.17) is 4.74 Å². The summed E-state index contributed by atoms with van der Waals surface area (Å²) in [4.78, 5) is 13.9. The lowest BCUT2D eigenvalue weighted by molar-refractivity contribution is -0.138. The average Bonchev–Trinajstić information content (AvgIpc) is 3.19. The molecule has 2 aliphatic heterocycles. The van der Waals surface area contributed by atoms with Crippen molar-refractivity contribution < 1.29 is 17.9 Å². The van der Waals surface area contributed by atoms with Crippen LogP contribution in [0.1, 0.15) is 46.0 Å². The molecule has 2 saturated heterocycles. The molecule has 1 saturated carbocycles. The van der Waals surface area contributed by atoms with Crippen molar-refractivity contribution in [2.24, 2.45) is 17.8 Å². The molecule has 0 aromatic heterocycles. The van der Waals surface area contributed by atoms with E-state index >= 15 is 0 Å². The van der Waals surface area contributed by atoms with Gasteiger partial charge in [-0.15, -0.1) is 0 Å². The molecule has 0 radical (unpaired) electrons. The van der Waals surface area contributed by atoms with E-state index < -0.39 is 14.6 Å². The summed E-state index contributed by atoms with van der Waals surface area (Å²) in [6.45, 7) is 6.25. The van der Waals surface area contributed by atoms with Gasteiger partial charge in [-0.2, -0.15) is 0 Å². The first-order valence-electron chi connectivity index (χ1n) is 8.92. The van der Waals surface area contributed by atoms with Crippen LogP contribution >= 0.6 is 0 Å². The standard InChI is InChI=1S/C17H29NO4S/c1-13(2)3-6-16(19)18-11-17(12-18)15(7-8-23(17,20)21)10-22-9-14-4-5-14/h13-15H,3-12H2,1-2H3/t15-/m0/s1. The van der Waals surface area contributed by atoms with Gasteiger partial charge in [-0.3, -0.25) is 4.79 Å². The van der Waals surface area contributed by atoms with Crippen LogP contribution in [-0.2, 0) is 19.4 Å². The van der Waals surface area contributed by atoms with E-state index in [1.165, 1.54) is 12.8 Å². The third-order valence-corrected chi connectivity index (χ3v) is 8.28. The fourth-order valence-corrected chi connectivity index (χ4v) is 6.12. The molecule has 0 bridgehead atoms. The van der Waals surface area contributed by atoms with Crippen LogP contribution in [0.15, 0.2) is 0 Å². The molecule has 3 aliphatic rings. The number of carbonyl (C=O) groups excluding carboxylic acids is 1. The maximum atomic E-state index is 12.5. The fourth-order valence-electron chi connectivity index (χ4n) is 3.72. The number of rotatable bonds is 7. The lowest BCUT2D eigenvalue weighted by Gasteiger charge is -2.50. The third kappa shape index (κ3) is 3.43. The van der Waals surface area contributed by atoms with Crippen LogP contribution in [0, 0.1) is 17.8 Å². The lowest BCUT2D eigenvalue weighted by Crippen LogP contribution is -2.68. The zero-order valence-corrected chi connectivity index (χ0v) is 15.1. The van der Waals surface area contributed by atoms with E-state index in [1.54, 1.807) is 4.90 Å². The van der Waals surface area contributed by atoms with Crippen molar-refractivity contribution in [2.75, 3.05) is 32.1 Å². The summed E-state index contributed by atoms with van der Waals surface area (Å²) in [5, 5.41) is 0. The van der Waals surface area contributed by atoms with Gasteiger partial charge >= 0.3 is 0 Å². The molecule has 1 aliphatic carbocycles. The molecule has 5 nitrogen and oxygen atoms in total. The molecule has 0 unspecified atom stereocenters. The van der Waals surface area contributed by atoms with Crippen LogP contribution in [0.5, 0.6) is 0 Å². The summed E-state index contributed by atoms with van der Waals surface area (Å²) in [7, 11) is -3.11. The predicted molar refractivity (Wildman–Crippen MR) is 88.8 cm³/mol. The highest BCUT2D eigenvalue weighted by Gasteiger charge is 2.62.